The van der Waals surface area contributed by atoms with Crippen LogP contribution in [-0.2, 0) is 0 Å². The van der Waals surface area contributed by atoms with Crippen LogP contribution in [0, 0.1) is 0 Å². The molecule has 0 aliphatic rings. The van der Waals surface area contributed by atoms with Crippen molar-refractivity contribution in [3.05, 3.63) is 0 Å². The summed E-state index contributed by atoms with van der Waals surface area (Å²) < 4.78 is 0. The Hall–Kier alpha value is 2.56. The Balaban J connectivity index is -0.0000000383. The van der Waals surface area contributed by atoms with Gasteiger partial charge in [0.15, 0.2) is 0 Å². The molecule has 4 heteroatoms. The fraction of sp³-hybridized carbons (Fsp3) is 1.00. The van der Waals surface area contributed by atoms with E-state index in [1.165, 1.54) is 0 Å². The summed E-state index contributed by atoms with van der Waals surface area (Å²) in [6.07, 6.45) is -0.417. The fourth-order valence-electron chi connectivity index (χ4n) is 0. The van der Waals surface area contributed by atoms with Crippen LogP contribution in [0.25, 0.3) is 0 Å². The molecule has 0 aromatic rings. The molecule has 2 nitrogen and oxygen atoms in total. The van der Waals surface area contributed by atoms with Gasteiger partial charge in [0.2, 0.25) is 0 Å². The van der Waals surface area contributed by atoms with E-state index in [2.05, 4.69) is 0 Å². The van der Waals surface area contributed by atoms with Gasteiger partial charge < -0.3 is 10.2 Å². The zero-order valence-corrected chi connectivity index (χ0v) is 14.0. The minimum Gasteiger partial charge on any atom is -0.852 e. The molecule has 0 fully saturated rings. The maximum Gasteiger partial charge on any atom is 1.00 e. The SMILES string of the molecule is CC(C)(C)[O-].CC(C)[O-].[K+].[Na+]. The van der Waals surface area contributed by atoms with Crippen molar-refractivity contribution in [3.63, 3.8) is 0 Å². The van der Waals surface area contributed by atoms with E-state index < -0.39 is 11.7 Å². The van der Waals surface area contributed by atoms with Crippen LogP contribution in [0.4, 0.5) is 0 Å². The van der Waals surface area contributed by atoms with Crippen LogP contribution in [-0.4, -0.2) is 11.7 Å². The Morgan fingerprint density at radius 1 is 1.09 bits per heavy atom. The summed E-state index contributed by atoms with van der Waals surface area (Å²) in [6.45, 7) is 8.12. The van der Waals surface area contributed by atoms with Crippen LogP contribution in [0.5, 0.6) is 0 Å². The monoisotopic (exact) mass is 194 g/mol. The quantitative estimate of drug-likeness (QED) is 0.360. The first-order chi connectivity index (χ1) is 3.73. The molecule has 0 aromatic heterocycles. The van der Waals surface area contributed by atoms with E-state index in [0.717, 1.165) is 0 Å². The van der Waals surface area contributed by atoms with Crippen LogP contribution >= 0.6 is 0 Å². The largest absolute Gasteiger partial charge is 1.00 e. The normalized spacial score (nSPS) is 8.73. The summed E-state index contributed by atoms with van der Waals surface area (Å²) in [5, 5.41) is 19.6. The summed E-state index contributed by atoms with van der Waals surface area (Å²) >= 11 is 0. The first kappa shape index (κ1) is 23.4. The van der Waals surface area contributed by atoms with Gasteiger partial charge in [0.25, 0.3) is 0 Å². The molecule has 0 aromatic carbocycles. The number of rotatable bonds is 0. The second kappa shape index (κ2) is 12.6. The molecule has 0 heterocycles. The first-order valence-corrected chi connectivity index (χ1v) is 3.09. The smallest absolute Gasteiger partial charge is 0.852 e. The van der Waals surface area contributed by atoms with Gasteiger partial charge in [-0.2, -0.15) is 0 Å². The summed E-state index contributed by atoms with van der Waals surface area (Å²) in [7, 11) is 0. The maximum absolute atomic E-state index is 10.1. The van der Waals surface area contributed by atoms with Crippen LogP contribution < -0.4 is 91.2 Å². The van der Waals surface area contributed by atoms with E-state index >= 15 is 0 Å². The number of hydrogen-bond acceptors (Lipinski definition) is 2. The fourth-order valence-corrected chi connectivity index (χ4v) is 0. The van der Waals surface area contributed by atoms with E-state index in [1.807, 2.05) is 0 Å². The molecule has 0 unspecified atom stereocenters. The van der Waals surface area contributed by atoms with E-state index in [4.69, 9.17) is 0 Å². The molecule has 0 radical (unpaired) electrons. The molecule has 0 aliphatic heterocycles. The van der Waals surface area contributed by atoms with Crippen LogP contribution in [0.3, 0.4) is 0 Å². The average Bonchev–Trinajstić information content (AvgIpc) is 1.19. The van der Waals surface area contributed by atoms with Gasteiger partial charge in [0, 0.05) is 0 Å². The molecule has 11 heavy (non-hydrogen) atoms. The van der Waals surface area contributed by atoms with Gasteiger partial charge in [-0.25, -0.2) is 0 Å². The average molecular weight is 194 g/mol. The third-order valence-electron chi connectivity index (χ3n) is 0. The van der Waals surface area contributed by atoms with Gasteiger partial charge in [0.1, 0.15) is 0 Å². The van der Waals surface area contributed by atoms with E-state index in [9.17, 15) is 10.2 Å². The van der Waals surface area contributed by atoms with E-state index in [0.29, 0.717) is 0 Å². The van der Waals surface area contributed by atoms with Gasteiger partial charge >= 0.3 is 80.9 Å². The molecule has 0 saturated heterocycles. The molecule has 0 saturated carbocycles. The van der Waals surface area contributed by atoms with Crippen molar-refractivity contribution < 1.29 is 91.2 Å². The molecule has 0 atom stereocenters. The molecule has 0 bridgehead atoms. The van der Waals surface area contributed by atoms with E-state index in [1.54, 1.807) is 34.6 Å². The van der Waals surface area contributed by atoms with Crippen molar-refractivity contribution in [2.45, 2.75) is 46.3 Å². The molecule has 0 spiro atoms. The van der Waals surface area contributed by atoms with Gasteiger partial charge in [-0.05, 0) is 0 Å². The zero-order chi connectivity index (χ0) is 8.08. The maximum atomic E-state index is 10.1. The van der Waals surface area contributed by atoms with Gasteiger partial charge in [-0.15, -0.1) is 11.7 Å². The summed E-state index contributed by atoms with van der Waals surface area (Å²) in [5.74, 6) is 0. The van der Waals surface area contributed by atoms with E-state index in [-0.39, 0.29) is 80.9 Å². The van der Waals surface area contributed by atoms with Gasteiger partial charge in [-0.1, -0.05) is 34.6 Å². The molecule has 0 N–H and O–H groups in total. The molecule has 0 aliphatic carbocycles. The minimum absolute atomic E-state index is 0. The first-order valence-electron chi connectivity index (χ1n) is 3.09. The van der Waals surface area contributed by atoms with Gasteiger partial charge in [0.05, 0.1) is 0 Å². The van der Waals surface area contributed by atoms with Crippen LogP contribution in [0.15, 0.2) is 0 Å². The third-order valence-corrected chi connectivity index (χ3v) is 0. The third kappa shape index (κ3) is 214. The zero-order valence-electron chi connectivity index (χ0n) is 8.89. The van der Waals surface area contributed by atoms with Crippen LogP contribution in [0.2, 0.25) is 0 Å². The molecular weight excluding hydrogens is 178 g/mol. The standard InChI is InChI=1S/C4H9O.C3H7O.K.Na/c1-4(2,3)5;1-3(2)4;;/h1-3H3;3H,1-2H3;;/q2*-1;2*+1. The second-order valence-electron chi connectivity index (χ2n) is 3.16. The second-order valence-corrected chi connectivity index (χ2v) is 3.16. The van der Waals surface area contributed by atoms with Crippen molar-refractivity contribution in [3.8, 4) is 0 Å². The van der Waals surface area contributed by atoms with Crippen molar-refractivity contribution in [1.82, 2.24) is 0 Å². The minimum atomic E-state index is -0.750. The Morgan fingerprint density at radius 2 is 1.09 bits per heavy atom. The Morgan fingerprint density at radius 3 is 1.09 bits per heavy atom. The van der Waals surface area contributed by atoms with Gasteiger partial charge in [-0.3, -0.25) is 0 Å². The molecule has 0 amide bonds. The summed E-state index contributed by atoms with van der Waals surface area (Å²) in [4.78, 5) is 0. The molecule has 58 valence electrons. The van der Waals surface area contributed by atoms with Crippen molar-refractivity contribution in [1.29, 1.82) is 0 Å². The Bertz CT molecular complexity index is 53.2. The van der Waals surface area contributed by atoms with Crippen molar-refractivity contribution >= 4 is 0 Å². The molecule has 0 rings (SSSR count). The predicted molar refractivity (Wildman–Crippen MR) is 34.9 cm³/mol. The molecular formula is C7H16KNaO2. The summed E-state index contributed by atoms with van der Waals surface area (Å²) in [6, 6.07) is 0. The number of hydrogen-bond donors (Lipinski definition) is 0. The van der Waals surface area contributed by atoms with Crippen molar-refractivity contribution in [2.24, 2.45) is 0 Å². The van der Waals surface area contributed by atoms with Crippen molar-refractivity contribution in [2.75, 3.05) is 0 Å². The Labute approximate surface area is 135 Å². The summed E-state index contributed by atoms with van der Waals surface area (Å²) in [5.41, 5.74) is -0.750. The van der Waals surface area contributed by atoms with Crippen LogP contribution in [0.1, 0.15) is 34.6 Å². The predicted octanol–water partition coefficient (Wildman–Crippen LogP) is -6.09. The topological polar surface area (TPSA) is 46.1 Å². The Kier molecular flexibility index (Phi) is 26.7.